The molecule has 0 bridgehead atoms. The lowest BCUT2D eigenvalue weighted by Gasteiger charge is -2.53. The van der Waals surface area contributed by atoms with E-state index in [2.05, 4.69) is 6.07 Å². The molecule has 0 aromatic carbocycles. The van der Waals surface area contributed by atoms with E-state index in [0.29, 0.717) is 36.7 Å². The zero-order valence-electron chi connectivity index (χ0n) is 20.7. The monoisotopic (exact) mass is 497 g/mol. The Bertz CT molecular complexity index is 1130. The molecular weight excluding hydrogens is 463 g/mol. The Hall–Kier alpha value is -2.24. The van der Waals surface area contributed by atoms with Gasteiger partial charge >= 0.3 is 6.18 Å². The number of nitrogens with zero attached hydrogens (tertiary/aromatic N) is 1. The maximum atomic E-state index is 13.6. The zero-order chi connectivity index (χ0) is 25.1. The first-order valence-corrected chi connectivity index (χ1v) is 13.8. The van der Waals surface area contributed by atoms with Gasteiger partial charge in [0.15, 0.2) is 5.78 Å². The first kappa shape index (κ1) is 24.1. The number of carbonyl (C=O) groups is 2. The average Bonchev–Trinajstić information content (AvgIpc) is 3.55. The van der Waals surface area contributed by atoms with E-state index in [1.807, 2.05) is 0 Å². The van der Waals surface area contributed by atoms with Gasteiger partial charge in [-0.15, -0.1) is 0 Å². The third kappa shape index (κ3) is 4.09. The normalized spacial score (nSPS) is 31.2. The van der Waals surface area contributed by atoms with Crippen molar-refractivity contribution >= 4 is 12.1 Å². The van der Waals surface area contributed by atoms with Crippen LogP contribution in [0.25, 0.3) is 0 Å². The van der Waals surface area contributed by atoms with Gasteiger partial charge < -0.3 is 0 Å². The number of fused-ring (bicyclic) bond motifs is 1. The smallest absolute Gasteiger partial charge is 0.298 e. The molecule has 36 heavy (non-hydrogen) atoms. The highest BCUT2D eigenvalue weighted by molar-refractivity contribution is 6.00. The number of ketones is 1. The van der Waals surface area contributed by atoms with Gasteiger partial charge in [-0.1, -0.05) is 37.8 Å². The molecule has 5 aliphatic carbocycles. The lowest BCUT2D eigenvalue weighted by atomic mass is 9.51. The fraction of sp³-hybridized carbons (Fsp3) is 0.633. The molecule has 0 N–H and O–H groups in total. The Morgan fingerprint density at radius 3 is 2.22 bits per heavy atom. The highest BCUT2D eigenvalue weighted by Crippen LogP contribution is 2.60. The summed E-state index contributed by atoms with van der Waals surface area (Å²) in [7, 11) is 0. The molecule has 0 radical (unpaired) electrons. The van der Waals surface area contributed by atoms with Crippen LogP contribution in [0.3, 0.4) is 0 Å². The number of hydrogen-bond acceptors (Lipinski definition) is 3. The minimum Gasteiger partial charge on any atom is -0.298 e. The predicted molar refractivity (Wildman–Crippen MR) is 131 cm³/mol. The molecule has 0 aliphatic heterocycles. The Morgan fingerprint density at radius 1 is 0.917 bits per heavy atom. The number of carbonyl (C=O) groups excluding carboxylic acids is 2. The van der Waals surface area contributed by atoms with Crippen LogP contribution in [0, 0.1) is 17.3 Å². The number of aromatic nitrogens is 1. The van der Waals surface area contributed by atoms with Gasteiger partial charge in [0.25, 0.3) is 0 Å². The van der Waals surface area contributed by atoms with Crippen LogP contribution in [0.4, 0.5) is 13.2 Å². The molecule has 1 aromatic heterocycles. The van der Waals surface area contributed by atoms with Crippen molar-refractivity contribution in [3.63, 3.8) is 0 Å². The van der Waals surface area contributed by atoms with Crippen molar-refractivity contribution in [2.45, 2.75) is 101 Å². The maximum Gasteiger partial charge on any atom is 0.412 e. The molecule has 1 spiro atoms. The van der Waals surface area contributed by atoms with Gasteiger partial charge in [-0.25, -0.2) is 0 Å². The van der Waals surface area contributed by atoms with Crippen LogP contribution in [-0.4, -0.2) is 23.2 Å². The molecule has 0 amide bonds. The molecule has 1 atom stereocenters. The van der Waals surface area contributed by atoms with Crippen LogP contribution in [0.5, 0.6) is 0 Å². The summed E-state index contributed by atoms with van der Waals surface area (Å²) < 4.78 is 40.3. The van der Waals surface area contributed by atoms with Crippen LogP contribution in [0.1, 0.15) is 116 Å². The summed E-state index contributed by atoms with van der Waals surface area (Å²) in [5, 5.41) is 0. The first-order chi connectivity index (χ1) is 17.3. The van der Waals surface area contributed by atoms with Gasteiger partial charge in [0.1, 0.15) is 6.29 Å². The fourth-order valence-corrected chi connectivity index (χ4v) is 8.00. The number of halogens is 3. The molecular formula is C30H34F3NO2. The van der Waals surface area contributed by atoms with Gasteiger partial charge in [-0.05, 0) is 86.3 Å². The number of aldehydes is 1. The molecule has 192 valence electrons. The second kappa shape index (κ2) is 8.95. The number of rotatable bonds is 4. The Balaban J connectivity index is 1.26. The second-order valence-electron chi connectivity index (χ2n) is 12.1. The van der Waals surface area contributed by atoms with Crippen LogP contribution in [-0.2, 0) is 11.2 Å². The van der Waals surface area contributed by atoms with E-state index in [4.69, 9.17) is 4.98 Å². The van der Waals surface area contributed by atoms with Crippen molar-refractivity contribution in [1.82, 2.24) is 4.98 Å². The van der Waals surface area contributed by atoms with Crippen LogP contribution in [0.2, 0.25) is 0 Å². The SMILES string of the molecule is O=CC1=CC=C(C(F)(F)F)CC12CC(C1CC(=O)c3c(C4CCCC4)cc(C4CCCC4)nc3C1)C2. The number of Topliss-reactive ketones (excluding diaryl/α,β-unsaturated/α-hetero) is 1. The van der Waals surface area contributed by atoms with Crippen molar-refractivity contribution in [2.75, 3.05) is 0 Å². The summed E-state index contributed by atoms with van der Waals surface area (Å²) in [6, 6.07) is 2.26. The number of alkyl halides is 3. The average molecular weight is 498 g/mol. The van der Waals surface area contributed by atoms with Crippen molar-refractivity contribution < 1.29 is 22.8 Å². The third-order valence-electron chi connectivity index (χ3n) is 9.96. The van der Waals surface area contributed by atoms with Crippen LogP contribution >= 0.6 is 0 Å². The highest BCUT2D eigenvalue weighted by atomic mass is 19.4. The predicted octanol–water partition coefficient (Wildman–Crippen LogP) is 7.56. The molecule has 0 saturated heterocycles. The Labute approximate surface area is 210 Å². The van der Waals surface area contributed by atoms with Crippen molar-refractivity contribution in [3.8, 4) is 0 Å². The van der Waals surface area contributed by atoms with E-state index in [-0.39, 0.29) is 24.0 Å². The number of hydrogen-bond donors (Lipinski definition) is 0. The minimum absolute atomic E-state index is 0.0894. The second-order valence-corrected chi connectivity index (χ2v) is 12.1. The fourth-order valence-electron chi connectivity index (χ4n) is 8.00. The Kier molecular flexibility index (Phi) is 6.00. The molecule has 1 unspecified atom stereocenters. The van der Waals surface area contributed by atoms with E-state index in [9.17, 15) is 22.8 Å². The topological polar surface area (TPSA) is 47.0 Å². The summed E-state index contributed by atoms with van der Waals surface area (Å²) in [4.78, 5) is 30.4. The van der Waals surface area contributed by atoms with Crippen molar-refractivity contribution in [1.29, 1.82) is 0 Å². The summed E-state index contributed by atoms with van der Waals surface area (Å²) in [5.41, 5.74) is 3.37. The van der Waals surface area contributed by atoms with Gasteiger partial charge in [0.2, 0.25) is 0 Å². The molecule has 5 aliphatic rings. The molecule has 1 aromatic rings. The Morgan fingerprint density at radius 2 is 1.58 bits per heavy atom. The minimum atomic E-state index is -4.38. The van der Waals surface area contributed by atoms with Crippen LogP contribution < -0.4 is 0 Å². The van der Waals surface area contributed by atoms with Crippen molar-refractivity contribution in [2.24, 2.45) is 17.3 Å². The van der Waals surface area contributed by atoms with Crippen molar-refractivity contribution in [3.05, 3.63) is 51.9 Å². The summed E-state index contributed by atoms with van der Waals surface area (Å²) in [6.45, 7) is 0. The lowest BCUT2D eigenvalue weighted by Crippen LogP contribution is -2.46. The van der Waals surface area contributed by atoms with Crippen LogP contribution in [0.15, 0.2) is 29.4 Å². The lowest BCUT2D eigenvalue weighted by molar-refractivity contribution is -0.111. The highest BCUT2D eigenvalue weighted by Gasteiger charge is 2.54. The number of pyridine rings is 1. The van der Waals surface area contributed by atoms with Gasteiger partial charge in [-0.2, -0.15) is 13.2 Å². The summed E-state index contributed by atoms with van der Waals surface area (Å²) in [5.74, 6) is 1.33. The van der Waals surface area contributed by atoms with Gasteiger partial charge in [0, 0.05) is 34.6 Å². The molecule has 3 nitrogen and oxygen atoms in total. The van der Waals surface area contributed by atoms with E-state index >= 15 is 0 Å². The maximum absolute atomic E-state index is 13.6. The molecule has 1 heterocycles. The largest absolute Gasteiger partial charge is 0.412 e. The first-order valence-electron chi connectivity index (χ1n) is 13.8. The quantitative estimate of drug-likeness (QED) is 0.403. The van der Waals surface area contributed by atoms with E-state index in [0.717, 1.165) is 61.4 Å². The summed E-state index contributed by atoms with van der Waals surface area (Å²) in [6.07, 6.45) is 10.4. The van der Waals surface area contributed by atoms with E-state index in [1.54, 1.807) is 0 Å². The molecule has 6 heteroatoms. The van der Waals surface area contributed by atoms with E-state index in [1.165, 1.54) is 37.3 Å². The molecule has 3 fully saturated rings. The molecule has 6 rings (SSSR count). The van der Waals surface area contributed by atoms with Gasteiger partial charge in [0.05, 0.1) is 5.69 Å². The number of allylic oxidation sites excluding steroid dienone is 4. The standard InChI is InChI=1S/C30H34F3NO2/c31-30(32,33)22-9-10-23(17-35)29(16-22)14-21(15-29)20-11-26-28(27(36)12-20)24(18-5-1-2-6-18)13-25(34-26)19-7-3-4-8-19/h9-10,13,17-21H,1-8,11-12,14-16H2. The van der Waals surface area contributed by atoms with Gasteiger partial charge in [-0.3, -0.25) is 14.6 Å². The molecule has 3 saturated carbocycles. The zero-order valence-corrected chi connectivity index (χ0v) is 20.7. The van der Waals surface area contributed by atoms with E-state index < -0.39 is 17.2 Å². The summed E-state index contributed by atoms with van der Waals surface area (Å²) >= 11 is 0. The third-order valence-corrected chi connectivity index (χ3v) is 9.96.